The number of para-hydroxylation sites is 1. The Morgan fingerprint density at radius 3 is 2.46 bits per heavy atom. The van der Waals surface area contributed by atoms with E-state index in [0.29, 0.717) is 10.8 Å². The van der Waals surface area contributed by atoms with E-state index in [0.717, 1.165) is 23.4 Å². The third-order valence-corrected chi connectivity index (χ3v) is 3.78. The Labute approximate surface area is 153 Å². The lowest BCUT2D eigenvalue weighted by Gasteiger charge is -2.10. The molecule has 2 N–H and O–H groups in total. The van der Waals surface area contributed by atoms with Crippen molar-refractivity contribution in [2.45, 2.75) is 6.92 Å². The summed E-state index contributed by atoms with van der Waals surface area (Å²) in [5.74, 6) is -2.13. The zero-order valence-corrected chi connectivity index (χ0v) is 14.3. The van der Waals surface area contributed by atoms with Crippen LogP contribution in [0.25, 0.3) is 0 Å². The molecule has 0 radical (unpaired) electrons. The fourth-order valence-corrected chi connectivity index (χ4v) is 2.34. The van der Waals surface area contributed by atoms with E-state index in [9.17, 15) is 13.6 Å². The maximum Gasteiger partial charge on any atom is 0.276 e. The van der Waals surface area contributed by atoms with Crippen LogP contribution in [-0.4, -0.2) is 15.9 Å². The number of aryl methyl sites for hydroxylation is 1. The standard InChI is InChI=1S/C18H13ClF2N4O/c1-10-5-6-11(19)7-14(10)24-16-9-22-15(8-23-16)18(26)25-17-12(20)3-2-4-13(17)21/h2-9H,1H3,(H,23,24)(H,25,26). The second-order valence-electron chi connectivity index (χ2n) is 5.42. The number of hydrogen-bond donors (Lipinski definition) is 2. The first kappa shape index (κ1) is 17.8. The number of anilines is 3. The van der Waals surface area contributed by atoms with Gasteiger partial charge in [0.15, 0.2) is 0 Å². The fourth-order valence-electron chi connectivity index (χ4n) is 2.17. The van der Waals surface area contributed by atoms with E-state index in [1.165, 1.54) is 18.5 Å². The molecule has 0 unspecified atom stereocenters. The molecule has 0 aliphatic heterocycles. The number of nitrogens with one attached hydrogen (secondary N) is 2. The van der Waals surface area contributed by atoms with Gasteiger partial charge in [0.05, 0.1) is 12.4 Å². The van der Waals surface area contributed by atoms with Gasteiger partial charge in [-0.2, -0.15) is 0 Å². The summed E-state index contributed by atoms with van der Waals surface area (Å²) in [7, 11) is 0. The summed E-state index contributed by atoms with van der Waals surface area (Å²) in [5.41, 5.74) is 1.09. The molecule has 0 spiro atoms. The minimum absolute atomic E-state index is 0.0824. The number of halogens is 3. The van der Waals surface area contributed by atoms with Crippen LogP contribution < -0.4 is 10.6 Å². The Morgan fingerprint density at radius 2 is 1.81 bits per heavy atom. The zero-order valence-electron chi connectivity index (χ0n) is 13.6. The topological polar surface area (TPSA) is 66.9 Å². The van der Waals surface area contributed by atoms with Gasteiger partial charge in [0.2, 0.25) is 0 Å². The van der Waals surface area contributed by atoms with Crippen LogP contribution >= 0.6 is 11.6 Å². The normalized spacial score (nSPS) is 10.5. The largest absolute Gasteiger partial charge is 0.339 e. The van der Waals surface area contributed by atoms with E-state index in [1.54, 1.807) is 12.1 Å². The lowest BCUT2D eigenvalue weighted by Crippen LogP contribution is -2.16. The third kappa shape index (κ3) is 3.94. The van der Waals surface area contributed by atoms with Gasteiger partial charge in [0.25, 0.3) is 5.91 Å². The highest BCUT2D eigenvalue weighted by atomic mass is 35.5. The summed E-state index contributed by atoms with van der Waals surface area (Å²) in [6.07, 6.45) is 2.54. The number of aromatic nitrogens is 2. The average Bonchev–Trinajstić information content (AvgIpc) is 2.62. The average molecular weight is 375 g/mol. The highest BCUT2D eigenvalue weighted by molar-refractivity contribution is 6.30. The quantitative estimate of drug-likeness (QED) is 0.694. The molecule has 3 aromatic rings. The van der Waals surface area contributed by atoms with E-state index in [1.807, 2.05) is 13.0 Å². The Kier molecular flexibility index (Phi) is 5.09. The maximum atomic E-state index is 13.6. The van der Waals surface area contributed by atoms with Gasteiger partial charge in [-0.1, -0.05) is 23.7 Å². The van der Waals surface area contributed by atoms with Gasteiger partial charge in [0, 0.05) is 10.7 Å². The van der Waals surface area contributed by atoms with Crippen molar-refractivity contribution >= 4 is 34.7 Å². The molecule has 2 aromatic carbocycles. The first-order valence-corrected chi connectivity index (χ1v) is 7.92. The Morgan fingerprint density at radius 1 is 1.08 bits per heavy atom. The van der Waals surface area contributed by atoms with Gasteiger partial charge >= 0.3 is 0 Å². The van der Waals surface area contributed by atoms with Crippen LogP contribution in [0, 0.1) is 18.6 Å². The number of carbonyl (C=O) groups is 1. The van der Waals surface area contributed by atoms with Gasteiger partial charge in [-0.3, -0.25) is 4.79 Å². The van der Waals surface area contributed by atoms with Crippen molar-refractivity contribution in [2.75, 3.05) is 10.6 Å². The molecule has 1 heterocycles. The van der Waals surface area contributed by atoms with Crippen LogP contribution in [0.3, 0.4) is 0 Å². The van der Waals surface area contributed by atoms with Crippen molar-refractivity contribution < 1.29 is 13.6 Å². The summed E-state index contributed by atoms with van der Waals surface area (Å²) in [5, 5.41) is 5.75. The van der Waals surface area contributed by atoms with E-state index in [4.69, 9.17) is 11.6 Å². The van der Waals surface area contributed by atoms with E-state index in [2.05, 4.69) is 20.6 Å². The minimum atomic E-state index is -0.874. The molecule has 0 aliphatic rings. The Balaban J connectivity index is 1.75. The SMILES string of the molecule is Cc1ccc(Cl)cc1Nc1cnc(C(=O)Nc2c(F)cccc2F)cn1. The Bertz CT molecular complexity index is 944. The van der Waals surface area contributed by atoms with Gasteiger partial charge in [-0.25, -0.2) is 18.7 Å². The van der Waals surface area contributed by atoms with Crippen LogP contribution in [-0.2, 0) is 0 Å². The number of amides is 1. The predicted molar refractivity (Wildman–Crippen MR) is 95.8 cm³/mol. The maximum absolute atomic E-state index is 13.6. The number of benzene rings is 2. The highest BCUT2D eigenvalue weighted by Gasteiger charge is 2.15. The molecule has 1 aromatic heterocycles. The first-order valence-electron chi connectivity index (χ1n) is 7.54. The molecule has 0 saturated carbocycles. The van der Waals surface area contributed by atoms with Gasteiger partial charge in [-0.15, -0.1) is 0 Å². The molecule has 1 amide bonds. The lowest BCUT2D eigenvalue weighted by molar-refractivity contribution is 0.102. The molecule has 8 heteroatoms. The molecule has 0 fully saturated rings. The molecule has 0 aliphatic carbocycles. The Hall–Kier alpha value is -3.06. The molecular weight excluding hydrogens is 362 g/mol. The van der Waals surface area contributed by atoms with E-state index >= 15 is 0 Å². The second kappa shape index (κ2) is 7.45. The molecule has 5 nitrogen and oxygen atoms in total. The number of rotatable bonds is 4. The van der Waals surface area contributed by atoms with Crippen LogP contribution in [0.5, 0.6) is 0 Å². The summed E-state index contributed by atoms with van der Waals surface area (Å²) in [6, 6.07) is 8.65. The predicted octanol–water partition coefficient (Wildman–Crippen LogP) is 4.71. The summed E-state index contributed by atoms with van der Waals surface area (Å²) < 4.78 is 27.2. The number of carbonyl (C=O) groups excluding carboxylic acids is 1. The number of nitrogens with zero attached hydrogens (tertiary/aromatic N) is 2. The van der Waals surface area contributed by atoms with Gasteiger partial charge in [-0.05, 0) is 36.8 Å². The van der Waals surface area contributed by atoms with Crippen molar-refractivity contribution in [1.82, 2.24) is 9.97 Å². The first-order chi connectivity index (χ1) is 12.4. The minimum Gasteiger partial charge on any atom is -0.339 e. The summed E-state index contributed by atoms with van der Waals surface area (Å²) in [6.45, 7) is 1.90. The van der Waals surface area contributed by atoms with Gasteiger partial charge in [0.1, 0.15) is 28.8 Å². The van der Waals surface area contributed by atoms with Crippen molar-refractivity contribution in [1.29, 1.82) is 0 Å². The van der Waals surface area contributed by atoms with E-state index in [-0.39, 0.29) is 5.69 Å². The molecule has 0 atom stereocenters. The molecule has 26 heavy (non-hydrogen) atoms. The molecule has 3 rings (SSSR count). The second-order valence-corrected chi connectivity index (χ2v) is 5.86. The molecule has 132 valence electrons. The molecular formula is C18H13ClF2N4O. The lowest BCUT2D eigenvalue weighted by atomic mass is 10.2. The van der Waals surface area contributed by atoms with Crippen molar-refractivity contribution in [2.24, 2.45) is 0 Å². The monoisotopic (exact) mass is 374 g/mol. The third-order valence-electron chi connectivity index (χ3n) is 3.55. The van der Waals surface area contributed by atoms with Crippen molar-refractivity contribution in [3.8, 4) is 0 Å². The van der Waals surface area contributed by atoms with E-state index < -0.39 is 23.2 Å². The van der Waals surface area contributed by atoms with Gasteiger partial charge < -0.3 is 10.6 Å². The molecule has 0 saturated heterocycles. The number of hydrogen-bond acceptors (Lipinski definition) is 4. The van der Waals surface area contributed by atoms with Crippen LogP contribution in [0.15, 0.2) is 48.8 Å². The van der Waals surface area contributed by atoms with Crippen LogP contribution in [0.2, 0.25) is 5.02 Å². The summed E-state index contributed by atoms with van der Waals surface area (Å²) in [4.78, 5) is 20.2. The smallest absolute Gasteiger partial charge is 0.276 e. The summed E-state index contributed by atoms with van der Waals surface area (Å²) >= 11 is 5.96. The van der Waals surface area contributed by atoms with Crippen LogP contribution in [0.1, 0.15) is 16.1 Å². The van der Waals surface area contributed by atoms with Crippen molar-refractivity contribution in [3.05, 3.63) is 76.7 Å². The highest BCUT2D eigenvalue weighted by Crippen LogP contribution is 2.23. The van der Waals surface area contributed by atoms with Crippen molar-refractivity contribution in [3.63, 3.8) is 0 Å². The zero-order chi connectivity index (χ0) is 18.7. The molecule has 0 bridgehead atoms. The fraction of sp³-hybridized carbons (Fsp3) is 0.0556. The van der Waals surface area contributed by atoms with Crippen LogP contribution in [0.4, 0.5) is 26.0 Å².